The molecule has 0 aliphatic carbocycles. The van der Waals surface area contributed by atoms with Gasteiger partial charge in [-0.15, -0.1) is 0 Å². The van der Waals surface area contributed by atoms with Crippen LogP contribution >= 0.6 is 11.6 Å². The van der Waals surface area contributed by atoms with E-state index in [1.807, 2.05) is 34.9 Å². The molecule has 0 spiro atoms. The third-order valence-corrected chi connectivity index (χ3v) is 5.71. The molecule has 2 heterocycles. The molecule has 1 amide bonds. The highest BCUT2D eigenvalue weighted by Crippen LogP contribution is 2.24. The Morgan fingerprint density at radius 3 is 2.61 bits per heavy atom. The highest BCUT2D eigenvalue weighted by molar-refractivity contribution is 6.33. The maximum Gasteiger partial charge on any atom is 0.326 e. The van der Waals surface area contributed by atoms with Gasteiger partial charge in [-0.3, -0.25) is 9.36 Å². The average molecular weight is 399 g/mol. The van der Waals surface area contributed by atoms with Gasteiger partial charge in [0.15, 0.2) is 0 Å². The van der Waals surface area contributed by atoms with E-state index < -0.39 is 0 Å². The zero-order valence-electron chi connectivity index (χ0n) is 15.5. The number of nitrogens with zero attached hydrogens (tertiary/aromatic N) is 2. The number of likely N-dealkylation sites (tertiary alicyclic amines) is 1. The molecule has 1 aliphatic rings. The minimum absolute atomic E-state index is 0.0355. The second kappa shape index (κ2) is 8.20. The second-order valence-electron chi connectivity index (χ2n) is 7.13. The summed E-state index contributed by atoms with van der Waals surface area (Å²) in [6, 6.07) is 15.1. The molecule has 1 aromatic heterocycles. The van der Waals surface area contributed by atoms with Crippen molar-refractivity contribution in [2.24, 2.45) is 0 Å². The first-order valence-corrected chi connectivity index (χ1v) is 9.95. The van der Waals surface area contributed by atoms with Crippen molar-refractivity contribution in [2.45, 2.75) is 18.9 Å². The quantitative estimate of drug-likeness (QED) is 0.694. The summed E-state index contributed by atoms with van der Waals surface area (Å²) >= 11 is 6.06. The lowest BCUT2D eigenvalue weighted by Crippen LogP contribution is -2.41. The first kappa shape index (κ1) is 18.8. The number of fused-ring (bicyclic) bond motifs is 1. The van der Waals surface area contributed by atoms with E-state index in [9.17, 15) is 9.59 Å². The number of nitrogens with one attached hydrogen (secondary N) is 2. The number of amides is 1. The van der Waals surface area contributed by atoms with E-state index in [0.717, 1.165) is 43.5 Å². The van der Waals surface area contributed by atoms with Crippen LogP contribution in [0.2, 0.25) is 5.02 Å². The van der Waals surface area contributed by atoms with E-state index in [4.69, 9.17) is 11.6 Å². The lowest BCUT2D eigenvalue weighted by Gasteiger charge is -2.32. The van der Waals surface area contributed by atoms with E-state index >= 15 is 0 Å². The minimum atomic E-state index is -0.147. The molecule has 2 N–H and O–H groups in total. The number of para-hydroxylation sites is 2. The van der Waals surface area contributed by atoms with Crippen LogP contribution in [0.15, 0.2) is 53.3 Å². The second-order valence-corrected chi connectivity index (χ2v) is 7.53. The Kier molecular flexibility index (Phi) is 5.50. The van der Waals surface area contributed by atoms with Crippen LogP contribution in [-0.4, -0.2) is 46.5 Å². The molecule has 0 radical (unpaired) electrons. The van der Waals surface area contributed by atoms with Gasteiger partial charge in [0.25, 0.3) is 5.91 Å². The molecule has 6 nitrogen and oxygen atoms in total. The molecule has 146 valence electrons. The van der Waals surface area contributed by atoms with E-state index in [-0.39, 0.29) is 17.6 Å². The van der Waals surface area contributed by atoms with Crippen molar-refractivity contribution >= 4 is 28.5 Å². The summed E-state index contributed by atoms with van der Waals surface area (Å²) in [7, 11) is 0. The van der Waals surface area contributed by atoms with Gasteiger partial charge in [0.2, 0.25) is 0 Å². The monoisotopic (exact) mass is 398 g/mol. The van der Waals surface area contributed by atoms with Crippen LogP contribution in [0.4, 0.5) is 0 Å². The number of carbonyl (C=O) groups is 1. The van der Waals surface area contributed by atoms with Crippen molar-refractivity contribution in [1.29, 1.82) is 0 Å². The largest absolute Gasteiger partial charge is 0.351 e. The normalized spacial score (nSPS) is 15.8. The third kappa shape index (κ3) is 3.84. The molecule has 0 saturated carbocycles. The maximum absolute atomic E-state index is 12.4. The lowest BCUT2D eigenvalue weighted by atomic mass is 10.0. The fraction of sp³-hybridized carbons (Fsp3) is 0.333. The van der Waals surface area contributed by atoms with Gasteiger partial charge in [0, 0.05) is 32.2 Å². The predicted molar refractivity (Wildman–Crippen MR) is 111 cm³/mol. The topological polar surface area (TPSA) is 70.1 Å². The molecule has 0 unspecified atom stereocenters. The summed E-state index contributed by atoms with van der Waals surface area (Å²) in [5.74, 6) is -0.147. The number of rotatable bonds is 5. The molecular weight excluding hydrogens is 376 g/mol. The standard InChI is InChI=1S/C21H23ClN4O2/c22-17-6-2-1-5-16(17)20(27)23-11-14-25-12-9-15(10-13-25)26-19-8-4-3-7-18(19)24-21(26)28/h1-8,15H,9-14H2,(H,23,27)(H,24,28). The number of H-pyrrole nitrogens is 1. The van der Waals surface area contributed by atoms with Gasteiger partial charge in [-0.05, 0) is 37.1 Å². The number of aromatic nitrogens is 2. The maximum atomic E-state index is 12.4. The van der Waals surface area contributed by atoms with E-state index in [1.165, 1.54) is 0 Å². The van der Waals surface area contributed by atoms with Crippen molar-refractivity contribution in [3.8, 4) is 0 Å². The lowest BCUT2D eigenvalue weighted by molar-refractivity contribution is 0.0944. The van der Waals surface area contributed by atoms with Crippen LogP contribution in [0.25, 0.3) is 11.0 Å². The summed E-state index contributed by atoms with van der Waals surface area (Å²) in [4.78, 5) is 29.8. The van der Waals surface area contributed by atoms with Crippen molar-refractivity contribution in [3.63, 3.8) is 0 Å². The third-order valence-electron chi connectivity index (χ3n) is 5.38. The molecule has 7 heteroatoms. The van der Waals surface area contributed by atoms with Crippen LogP contribution < -0.4 is 11.0 Å². The Labute approximate surface area is 168 Å². The molecule has 1 saturated heterocycles. The summed E-state index contributed by atoms with van der Waals surface area (Å²) < 4.78 is 1.89. The summed E-state index contributed by atoms with van der Waals surface area (Å²) in [6.07, 6.45) is 1.83. The van der Waals surface area contributed by atoms with Crippen LogP contribution in [0.5, 0.6) is 0 Å². The van der Waals surface area contributed by atoms with Crippen molar-refractivity contribution in [2.75, 3.05) is 26.2 Å². The van der Waals surface area contributed by atoms with Gasteiger partial charge in [-0.1, -0.05) is 35.9 Å². The summed E-state index contributed by atoms with van der Waals surface area (Å²) in [5, 5.41) is 3.40. The molecule has 0 atom stereocenters. The Bertz CT molecular complexity index is 1030. The SMILES string of the molecule is O=C(NCCN1CCC(n2c(=O)[nH]c3ccccc32)CC1)c1ccccc1Cl. The number of hydrogen-bond donors (Lipinski definition) is 2. The molecule has 0 bridgehead atoms. The van der Waals surface area contributed by atoms with Gasteiger partial charge in [-0.2, -0.15) is 0 Å². The molecule has 1 fully saturated rings. The number of piperidine rings is 1. The zero-order valence-corrected chi connectivity index (χ0v) is 16.3. The molecule has 1 aliphatic heterocycles. The number of imidazole rings is 1. The van der Waals surface area contributed by atoms with Crippen molar-refractivity contribution in [3.05, 3.63) is 69.6 Å². The van der Waals surface area contributed by atoms with Gasteiger partial charge >= 0.3 is 5.69 Å². The molecule has 3 aromatic rings. The molecule has 4 rings (SSSR count). The highest BCUT2D eigenvalue weighted by Gasteiger charge is 2.23. The summed E-state index contributed by atoms with van der Waals surface area (Å²) in [5.41, 5.74) is 2.32. The molecule has 2 aromatic carbocycles. The molecule has 28 heavy (non-hydrogen) atoms. The van der Waals surface area contributed by atoms with Gasteiger partial charge in [0.05, 0.1) is 21.6 Å². The van der Waals surface area contributed by atoms with Gasteiger partial charge in [-0.25, -0.2) is 4.79 Å². The minimum Gasteiger partial charge on any atom is -0.351 e. The van der Waals surface area contributed by atoms with Crippen LogP contribution in [0.1, 0.15) is 29.2 Å². The fourth-order valence-corrected chi connectivity index (χ4v) is 4.13. The Hall–Kier alpha value is -2.57. The Morgan fingerprint density at radius 1 is 1.11 bits per heavy atom. The van der Waals surface area contributed by atoms with Crippen molar-refractivity contribution in [1.82, 2.24) is 19.8 Å². The predicted octanol–water partition coefficient (Wildman–Crippen LogP) is 3.05. The number of benzene rings is 2. The number of halogens is 1. The Balaban J connectivity index is 1.30. The molecular formula is C21H23ClN4O2. The first-order valence-electron chi connectivity index (χ1n) is 9.58. The average Bonchev–Trinajstić information content (AvgIpc) is 3.04. The smallest absolute Gasteiger partial charge is 0.326 e. The highest BCUT2D eigenvalue weighted by atomic mass is 35.5. The number of carbonyl (C=O) groups excluding carboxylic acids is 1. The van der Waals surface area contributed by atoms with Crippen LogP contribution in [-0.2, 0) is 0 Å². The Morgan fingerprint density at radius 2 is 1.82 bits per heavy atom. The van der Waals surface area contributed by atoms with E-state index in [1.54, 1.807) is 18.2 Å². The summed E-state index contributed by atoms with van der Waals surface area (Å²) in [6.45, 7) is 3.16. The number of aromatic amines is 1. The fourth-order valence-electron chi connectivity index (χ4n) is 3.91. The van der Waals surface area contributed by atoms with Crippen LogP contribution in [0.3, 0.4) is 0 Å². The van der Waals surface area contributed by atoms with Gasteiger partial charge < -0.3 is 15.2 Å². The van der Waals surface area contributed by atoms with E-state index in [0.29, 0.717) is 17.1 Å². The first-order chi connectivity index (χ1) is 13.6. The van der Waals surface area contributed by atoms with E-state index in [2.05, 4.69) is 15.2 Å². The van der Waals surface area contributed by atoms with Gasteiger partial charge in [0.1, 0.15) is 0 Å². The zero-order chi connectivity index (χ0) is 19.5. The van der Waals surface area contributed by atoms with Crippen molar-refractivity contribution < 1.29 is 4.79 Å². The number of hydrogen-bond acceptors (Lipinski definition) is 3. The van der Waals surface area contributed by atoms with Crippen LogP contribution in [0, 0.1) is 0 Å².